The summed E-state index contributed by atoms with van der Waals surface area (Å²) in [7, 11) is 0. The van der Waals surface area contributed by atoms with Crippen LogP contribution in [0.4, 0.5) is 10.8 Å². The molecule has 0 atom stereocenters. The van der Waals surface area contributed by atoms with Crippen LogP contribution >= 0.6 is 22.9 Å². The van der Waals surface area contributed by atoms with Crippen molar-refractivity contribution < 1.29 is 4.79 Å². The molecule has 0 radical (unpaired) electrons. The van der Waals surface area contributed by atoms with Gasteiger partial charge in [-0.1, -0.05) is 0 Å². The second kappa shape index (κ2) is 6.67. The number of rotatable bonds is 6. The number of carbonyl (C=O) groups excluding carboxylic acids is 1. The molecule has 4 N–H and O–H groups in total. The Morgan fingerprint density at radius 2 is 2.30 bits per heavy atom. The molecule has 2 rings (SSSR count). The van der Waals surface area contributed by atoms with Crippen LogP contribution in [0.25, 0.3) is 0 Å². The monoisotopic (exact) mass is 311 g/mol. The van der Waals surface area contributed by atoms with E-state index in [1.165, 1.54) is 11.5 Å². The van der Waals surface area contributed by atoms with Crippen molar-refractivity contribution in [2.24, 2.45) is 0 Å². The molecule has 108 valence electrons. The van der Waals surface area contributed by atoms with Gasteiger partial charge in [0.25, 0.3) is 5.91 Å². The lowest BCUT2D eigenvalue weighted by Crippen LogP contribution is -2.31. The second-order valence-corrected chi connectivity index (χ2v) is 6.05. The molecule has 2 aromatic heterocycles. The van der Waals surface area contributed by atoms with Crippen LogP contribution in [0.15, 0.2) is 10.9 Å². The molecule has 2 aromatic rings. The zero-order valence-corrected chi connectivity index (χ0v) is 13.0. The summed E-state index contributed by atoms with van der Waals surface area (Å²) in [5.74, 6) is 0.0757. The van der Waals surface area contributed by atoms with E-state index in [0.717, 1.165) is 12.1 Å². The summed E-state index contributed by atoms with van der Waals surface area (Å²) in [4.78, 5) is 16.3. The largest absolute Gasteiger partial charge is 0.382 e. The fourth-order valence-corrected chi connectivity index (χ4v) is 2.97. The van der Waals surface area contributed by atoms with Gasteiger partial charge in [0, 0.05) is 24.4 Å². The molecule has 0 aliphatic rings. The standard InChI is InChI=1S/C12H17N5OS2/c1-7(2)16-11(18)9-10(13)17-20-12(9)14-4-3-8-5-19-6-15-8/h5-7,14H,3-4H2,1-2H3,(H2,13,17)(H,16,18). The van der Waals surface area contributed by atoms with Crippen LogP contribution in [0.3, 0.4) is 0 Å². The number of amides is 1. The summed E-state index contributed by atoms with van der Waals surface area (Å²) < 4.78 is 4.04. The third-order valence-electron chi connectivity index (χ3n) is 2.52. The molecule has 0 fully saturated rings. The zero-order chi connectivity index (χ0) is 14.5. The van der Waals surface area contributed by atoms with Gasteiger partial charge in [0.2, 0.25) is 0 Å². The molecule has 8 heteroatoms. The summed E-state index contributed by atoms with van der Waals surface area (Å²) in [5.41, 5.74) is 9.05. The van der Waals surface area contributed by atoms with Crippen LogP contribution in [0, 0.1) is 0 Å². The van der Waals surface area contributed by atoms with Crippen LogP contribution < -0.4 is 16.4 Å². The summed E-state index contributed by atoms with van der Waals surface area (Å²) in [6.45, 7) is 4.50. The number of hydrogen-bond donors (Lipinski definition) is 3. The third-order valence-corrected chi connectivity index (χ3v) is 3.97. The zero-order valence-electron chi connectivity index (χ0n) is 11.3. The predicted octanol–water partition coefficient (Wildman–Crippen LogP) is 1.97. The smallest absolute Gasteiger partial charge is 0.258 e. The quantitative estimate of drug-likeness (QED) is 0.758. The first kappa shape index (κ1) is 14.7. The van der Waals surface area contributed by atoms with Gasteiger partial charge >= 0.3 is 0 Å². The van der Waals surface area contributed by atoms with Crippen LogP contribution in [0.1, 0.15) is 29.9 Å². The molecule has 0 saturated heterocycles. The Morgan fingerprint density at radius 1 is 1.50 bits per heavy atom. The average molecular weight is 311 g/mol. The van der Waals surface area contributed by atoms with Crippen LogP contribution in [-0.2, 0) is 6.42 Å². The minimum atomic E-state index is -0.192. The molecular formula is C12H17N5OS2. The van der Waals surface area contributed by atoms with Crippen molar-refractivity contribution in [2.45, 2.75) is 26.3 Å². The minimum Gasteiger partial charge on any atom is -0.382 e. The molecule has 20 heavy (non-hydrogen) atoms. The Balaban J connectivity index is 1.99. The number of thiazole rings is 1. The minimum absolute atomic E-state index is 0.0599. The first-order valence-electron chi connectivity index (χ1n) is 6.25. The van der Waals surface area contributed by atoms with E-state index in [0.29, 0.717) is 17.1 Å². The van der Waals surface area contributed by atoms with Crippen molar-refractivity contribution in [3.05, 3.63) is 22.1 Å². The number of anilines is 2. The van der Waals surface area contributed by atoms with Gasteiger partial charge in [-0.3, -0.25) is 4.79 Å². The second-order valence-electron chi connectivity index (χ2n) is 4.56. The maximum Gasteiger partial charge on any atom is 0.258 e. The van der Waals surface area contributed by atoms with E-state index in [1.54, 1.807) is 11.3 Å². The van der Waals surface area contributed by atoms with Gasteiger partial charge in [-0.2, -0.15) is 4.37 Å². The molecule has 0 aromatic carbocycles. The number of hydrogen-bond acceptors (Lipinski definition) is 7. The maximum absolute atomic E-state index is 12.1. The molecule has 1 amide bonds. The van der Waals surface area contributed by atoms with E-state index in [-0.39, 0.29) is 17.8 Å². The van der Waals surface area contributed by atoms with Crippen LogP contribution in [-0.4, -0.2) is 27.9 Å². The van der Waals surface area contributed by atoms with Crippen molar-refractivity contribution in [1.29, 1.82) is 0 Å². The number of nitrogens with zero attached hydrogens (tertiary/aromatic N) is 2. The molecule has 0 aliphatic heterocycles. The number of aromatic nitrogens is 2. The highest BCUT2D eigenvalue weighted by Crippen LogP contribution is 2.26. The summed E-state index contributed by atoms with van der Waals surface area (Å²) in [6, 6.07) is 0.0599. The van der Waals surface area contributed by atoms with Crippen LogP contribution in [0.5, 0.6) is 0 Å². The van der Waals surface area contributed by atoms with E-state index in [2.05, 4.69) is 20.0 Å². The first-order chi connectivity index (χ1) is 9.58. The lowest BCUT2D eigenvalue weighted by Gasteiger charge is -2.10. The number of carbonyl (C=O) groups is 1. The molecule has 0 spiro atoms. The summed E-state index contributed by atoms with van der Waals surface area (Å²) >= 11 is 2.78. The molecule has 0 saturated carbocycles. The number of nitrogens with two attached hydrogens (primary N) is 1. The van der Waals surface area contributed by atoms with E-state index < -0.39 is 0 Å². The molecule has 2 heterocycles. The summed E-state index contributed by atoms with van der Waals surface area (Å²) in [5, 5.41) is 8.75. The highest BCUT2D eigenvalue weighted by atomic mass is 32.1. The first-order valence-corrected chi connectivity index (χ1v) is 7.96. The van der Waals surface area contributed by atoms with E-state index in [9.17, 15) is 4.79 Å². The van der Waals surface area contributed by atoms with Crippen molar-refractivity contribution in [2.75, 3.05) is 17.6 Å². The Kier molecular flexibility index (Phi) is 4.91. The van der Waals surface area contributed by atoms with Crippen molar-refractivity contribution in [3.63, 3.8) is 0 Å². The lowest BCUT2D eigenvalue weighted by molar-refractivity contribution is 0.0945. The Morgan fingerprint density at radius 3 is 2.95 bits per heavy atom. The highest BCUT2D eigenvalue weighted by molar-refractivity contribution is 7.11. The van der Waals surface area contributed by atoms with Gasteiger partial charge in [-0.05, 0) is 25.4 Å². The van der Waals surface area contributed by atoms with Crippen molar-refractivity contribution >= 4 is 39.6 Å². The van der Waals surface area contributed by atoms with Crippen molar-refractivity contribution in [3.8, 4) is 0 Å². The predicted molar refractivity (Wildman–Crippen MR) is 83.4 cm³/mol. The Labute approximate surface area is 125 Å². The fourth-order valence-electron chi connectivity index (χ4n) is 1.64. The van der Waals surface area contributed by atoms with Gasteiger partial charge < -0.3 is 16.4 Å². The van der Waals surface area contributed by atoms with E-state index >= 15 is 0 Å². The topological polar surface area (TPSA) is 92.9 Å². The van der Waals surface area contributed by atoms with Gasteiger partial charge in [0.15, 0.2) is 5.82 Å². The molecule has 0 unspecified atom stereocenters. The maximum atomic E-state index is 12.1. The van der Waals surface area contributed by atoms with Crippen molar-refractivity contribution in [1.82, 2.24) is 14.7 Å². The SMILES string of the molecule is CC(C)NC(=O)c1c(N)nsc1NCCc1cscn1. The number of nitrogens with one attached hydrogen (secondary N) is 2. The molecular weight excluding hydrogens is 294 g/mol. The molecule has 6 nitrogen and oxygen atoms in total. The van der Waals surface area contributed by atoms with E-state index in [4.69, 9.17) is 5.73 Å². The lowest BCUT2D eigenvalue weighted by atomic mass is 10.2. The highest BCUT2D eigenvalue weighted by Gasteiger charge is 2.19. The van der Waals surface area contributed by atoms with Crippen LogP contribution in [0.2, 0.25) is 0 Å². The normalized spacial score (nSPS) is 10.8. The third kappa shape index (κ3) is 3.67. The van der Waals surface area contributed by atoms with Gasteiger partial charge in [0.05, 0.1) is 11.2 Å². The Bertz CT molecular complexity index is 564. The van der Waals surface area contributed by atoms with Gasteiger partial charge in [-0.25, -0.2) is 4.98 Å². The number of nitrogen functional groups attached to an aromatic ring is 1. The summed E-state index contributed by atoms with van der Waals surface area (Å²) in [6.07, 6.45) is 0.798. The van der Waals surface area contributed by atoms with E-state index in [1.807, 2.05) is 24.7 Å². The van der Waals surface area contributed by atoms with Gasteiger partial charge in [-0.15, -0.1) is 11.3 Å². The Hall–Kier alpha value is -1.67. The molecule has 0 aliphatic carbocycles. The fraction of sp³-hybridized carbons (Fsp3) is 0.417. The average Bonchev–Trinajstić information content (AvgIpc) is 2.98. The molecule has 0 bridgehead atoms. The van der Waals surface area contributed by atoms with Gasteiger partial charge in [0.1, 0.15) is 10.6 Å².